The fraction of sp³-hybridized carbons (Fsp3) is 0.455. The van der Waals surface area contributed by atoms with Gasteiger partial charge < -0.3 is 10.0 Å². The molecule has 0 atom stereocenters. The molecule has 0 bridgehead atoms. The molecule has 1 aromatic rings. The number of nitrogens with zero attached hydrogens (tertiary/aromatic N) is 2. The van der Waals surface area contributed by atoms with E-state index in [1.165, 1.54) is 0 Å². The molecular weight excluding hydrogens is 284 g/mol. The van der Waals surface area contributed by atoms with E-state index in [0.29, 0.717) is 6.07 Å². The molecule has 0 aromatic heterocycles. The van der Waals surface area contributed by atoms with Crippen molar-refractivity contribution in [1.82, 2.24) is 0 Å². The lowest BCUT2D eigenvalue weighted by Gasteiger charge is -2.25. The van der Waals surface area contributed by atoms with Crippen molar-refractivity contribution in [1.29, 1.82) is 0 Å². The Kier molecular flexibility index (Phi) is 5.68. The highest BCUT2D eigenvalue weighted by molar-refractivity contribution is 5.58. The number of rotatable bonds is 7. The molecule has 0 saturated heterocycles. The van der Waals surface area contributed by atoms with Gasteiger partial charge in [0.15, 0.2) is 0 Å². The van der Waals surface area contributed by atoms with Crippen LogP contribution in [0.2, 0.25) is 0 Å². The lowest BCUT2D eigenvalue weighted by molar-refractivity contribution is -0.385. The highest BCUT2D eigenvalue weighted by Gasteiger charge is 2.23. The molecule has 0 heterocycles. The van der Waals surface area contributed by atoms with Crippen molar-refractivity contribution in [3.8, 4) is 0 Å². The lowest BCUT2D eigenvalue weighted by atomic mass is 10.1. The average molecular weight is 296 g/mol. The first-order valence-electron chi connectivity index (χ1n) is 5.57. The van der Waals surface area contributed by atoms with Crippen LogP contribution in [0.15, 0.2) is 18.2 Å². The smallest absolute Gasteiger partial charge is 0.270 e. The summed E-state index contributed by atoms with van der Waals surface area (Å²) in [4.78, 5) is 10.6. The van der Waals surface area contributed by atoms with Crippen LogP contribution in [0.4, 0.5) is 28.9 Å². The number of hydrogen-bond acceptors (Lipinski definition) is 4. The van der Waals surface area contributed by atoms with Gasteiger partial charge in [-0.15, -0.1) is 0 Å². The topological polar surface area (TPSA) is 66.6 Å². The summed E-state index contributed by atoms with van der Waals surface area (Å²) in [6.45, 7) is -1.63. The first kappa shape index (κ1) is 16.2. The van der Waals surface area contributed by atoms with E-state index in [0.717, 1.165) is 17.0 Å². The second-order valence-electron chi connectivity index (χ2n) is 3.86. The minimum atomic E-state index is -3.05. The number of non-ortho nitro benzene ring substituents is 1. The molecule has 0 saturated carbocycles. The van der Waals surface area contributed by atoms with Gasteiger partial charge in [-0.05, 0) is 6.07 Å². The van der Waals surface area contributed by atoms with Gasteiger partial charge in [0.25, 0.3) is 18.5 Å². The summed E-state index contributed by atoms with van der Waals surface area (Å²) in [5.74, 6) is 0. The molecule has 0 radical (unpaired) electrons. The fourth-order valence-electron chi connectivity index (χ4n) is 1.72. The molecule has 5 nitrogen and oxygen atoms in total. The number of aliphatic hydroxyl groups excluding tert-OH is 1. The molecule has 0 aliphatic heterocycles. The van der Waals surface area contributed by atoms with Gasteiger partial charge in [-0.2, -0.15) is 0 Å². The second kappa shape index (κ2) is 7.04. The Balaban J connectivity index is 3.22. The number of benzene rings is 1. The van der Waals surface area contributed by atoms with E-state index in [1.54, 1.807) is 0 Å². The van der Waals surface area contributed by atoms with Crippen LogP contribution in [0, 0.1) is 10.1 Å². The number of nitro benzene ring substituents is 1. The highest BCUT2D eigenvalue weighted by atomic mass is 19.3. The van der Waals surface area contributed by atoms with Crippen LogP contribution < -0.4 is 4.90 Å². The van der Waals surface area contributed by atoms with Crippen molar-refractivity contribution in [2.24, 2.45) is 0 Å². The summed E-state index contributed by atoms with van der Waals surface area (Å²) < 4.78 is 50.6. The van der Waals surface area contributed by atoms with Crippen molar-refractivity contribution in [3.63, 3.8) is 0 Å². The molecule has 1 aromatic carbocycles. The molecule has 0 aliphatic rings. The van der Waals surface area contributed by atoms with Crippen LogP contribution in [-0.4, -0.2) is 36.2 Å². The molecule has 0 fully saturated rings. The van der Waals surface area contributed by atoms with E-state index in [-0.39, 0.29) is 12.2 Å². The van der Waals surface area contributed by atoms with E-state index in [9.17, 15) is 27.7 Å². The zero-order chi connectivity index (χ0) is 15.3. The maximum atomic E-state index is 12.9. The van der Waals surface area contributed by atoms with Gasteiger partial charge in [-0.1, -0.05) is 0 Å². The summed E-state index contributed by atoms with van der Waals surface area (Å²) in [5.41, 5.74) is -1.52. The zero-order valence-corrected chi connectivity index (χ0v) is 10.2. The standard InChI is InChI=1S/C11H12F4N2O3/c12-10(13)6-16(3-4-18)9-2-1-7(17(19)20)5-8(9)11(14)15/h1-2,5,10-11,18H,3-4,6H2. The molecule has 1 rings (SSSR count). The maximum absolute atomic E-state index is 12.9. The van der Waals surface area contributed by atoms with Crippen LogP contribution >= 0.6 is 0 Å². The normalized spacial score (nSPS) is 11.2. The average Bonchev–Trinajstić information content (AvgIpc) is 2.36. The SMILES string of the molecule is O=[N+]([O-])c1ccc(N(CCO)CC(F)F)c(C(F)F)c1. The van der Waals surface area contributed by atoms with Crippen molar-refractivity contribution in [2.75, 3.05) is 24.6 Å². The Morgan fingerprint density at radius 1 is 1.30 bits per heavy atom. The van der Waals surface area contributed by atoms with Crippen LogP contribution in [-0.2, 0) is 0 Å². The molecule has 0 spiro atoms. The predicted octanol–water partition coefficient (Wildman–Crippen LogP) is 2.60. The molecular formula is C11H12F4N2O3. The third kappa shape index (κ3) is 4.05. The quantitative estimate of drug-likeness (QED) is 0.477. The Bertz CT molecular complexity index is 471. The molecule has 112 valence electrons. The highest BCUT2D eigenvalue weighted by Crippen LogP contribution is 2.33. The first-order chi connectivity index (χ1) is 9.36. The molecule has 0 aliphatic carbocycles. The second-order valence-corrected chi connectivity index (χ2v) is 3.86. The Morgan fingerprint density at radius 3 is 2.40 bits per heavy atom. The van der Waals surface area contributed by atoms with Gasteiger partial charge >= 0.3 is 0 Å². The monoisotopic (exact) mass is 296 g/mol. The maximum Gasteiger partial charge on any atom is 0.270 e. The van der Waals surface area contributed by atoms with Crippen molar-refractivity contribution in [3.05, 3.63) is 33.9 Å². The van der Waals surface area contributed by atoms with Crippen molar-refractivity contribution < 1.29 is 27.6 Å². The minimum Gasteiger partial charge on any atom is -0.395 e. The Hall–Kier alpha value is -1.90. The van der Waals surface area contributed by atoms with Crippen molar-refractivity contribution >= 4 is 11.4 Å². The van der Waals surface area contributed by atoms with E-state index in [2.05, 4.69) is 0 Å². The number of alkyl halides is 4. The number of anilines is 1. The van der Waals surface area contributed by atoms with E-state index >= 15 is 0 Å². The van der Waals surface area contributed by atoms with Gasteiger partial charge in [-0.25, -0.2) is 17.6 Å². The van der Waals surface area contributed by atoms with Gasteiger partial charge in [-0.3, -0.25) is 10.1 Å². The molecule has 0 amide bonds. The van der Waals surface area contributed by atoms with E-state index in [4.69, 9.17) is 5.11 Å². The van der Waals surface area contributed by atoms with E-state index < -0.39 is 42.2 Å². The van der Waals surface area contributed by atoms with Crippen LogP contribution in [0.25, 0.3) is 0 Å². The Labute approximate surface area is 111 Å². The predicted molar refractivity (Wildman–Crippen MR) is 63.4 cm³/mol. The van der Waals surface area contributed by atoms with Crippen LogP contribution in [0.5, 0.6) is 0 Å². The minimum absolute atomic E-state index is 0.250. The van der Waals surface area contributed by atoms with E-state index in [1.807, 2.05) is 0 Å². The van der Waals surface area contributed by atoms with Crippen molar-refractivity contribution in [2.45, 2.75) is 12.9 Å². The Morgan fingerprint density at radius 2 is 1.95 bits per heavy atom. The van der Waals surface area contributed by atoms with Gasteiger partial charge in [0.1, 0.15) is 0 Å². The largest absolute Gasteiger partial charge is 0.395 e. The molecule has 0 unspecified atom stereocenters. The summed E-state index contributed by atoms with van der Waals surface area (Å²) in [5, 5.41) is 19.3. The van der Waals surface area contributed by atoms with Gasteiger partial charge in [0.05, 0.1) is 18.1 Å². The third-order valence-electron chi connectivity index (χ3n) is 2.53. The van der Waals surface area contributed by atoms with Gasteiger partial charge in [0.2, 0.25) is 0 Å². The first-order valence-corrected chi connectivity index (χ1v) is 5.57. The third-order valence-corrected chi connectivity index (χ3v) is 2.53. The lowest BCUT2D eigenvalue weighted by Crippen LogP contribution is -2.32. The number of halogens is 4. The zero-order valence-electron chi connectivity index (χ0n) is 10.2. The van der Waals surface area contributed by atoms with Crippen LogP contribution in [0.3, 0.4) is 0 Å². The fourth-order valence-corrected chi connectivity index (χ4v) is 1.72. The summed E-state index contributed by atoms with van der Waals surface area (Å²) in [6.07, 6.45) is -5.84. The summed E-state index contributed by atoms with van der Waals surface area (Å²) in [6, 6.07) is 2.59. The van der Waals surface area contributed by atoms with Crippen LogP contribution in [0.1, 0.15) is 12.0 Å². The van der Waals surface area contributed by atoms with Gasteiger partial charge in [0, 0.05) is 29.9 Å². The molecule has 20 heavy (non-hydrogen) atoms. The summed E-state index contributed by atoms with van der Waals surface area (Å²) >= 11 is 0. The number of nitro groups is 1. The molecule has 1 N–H and O–H groups in total. The number of hydrogen-bond donors (Lipinski definition) is 1. The molecule has 9 heteroatoms. The number of aliphatic hydroxyl groups is 1. The summed E-state index contributed by atoms with van der Waals surface area (Å²) in [7, 11) is 0.